The van der Waals surface area contributed by atoms with E-state index in [-0.39, 0.29) is 69.1 Å². The summed E-state index contributed by atoms with van der Waals surface area (Å²) in [7, 11) is 0. The second kappa shape index (κ2) is 16.2. The fourth-order valence-electron chi connectivity index (χ4n) is 12.8. The average Bonchev–Trinajstić information content (AvgIpc) is 2.57. The molecular formula is C68H74BN3S. The maximum absolute atomic E-state index is 9.63. The monoisotopic (exact) mass is 981 g/mol. The van der Waals surface area contributed by atoms with Crippen molar-refractivity contribution < 1.29 is 6.85 Å². The summed E-state index contributed by atoms with van der Waals surface area (Å²) in [5.41, 5.74) is 18.1. The molecule has 1 aromatic heterocycles. The first-order valence-corrected chi connectivity index (χ1v) is 27.5. The Hall–Kier alpha value is -6.04. The van der Waals surface area contributed by atoms with E-state index in [9.17, 15) is 2.74 Å². The first kappa shape index (κ1) is 42.3. The molecule has 8 aromatic rings. The van der Waals surface area contributed by atoms with Gasteiger partial charge in [-0.15, -0.1) is 11.3 Å². The number of nitrogens with zero attached hydrogens (tertiary/aromatic N) is 3. The van der Waals surface area contributed by atoms with Crippen LogP contribution in [0.25, 0.3) is 10.1 Å². The van der Waals surface area contributed by atoms with Gasteiger partial charge < -0.3 is 14.7 Å². The second-order valence-electron chi connectivity index (χ2n) is 26.4. The summed E-state index contributed by atoms with van der Waals surface area (Å²) in [6.45, 7) is 32.8. The van der Waals surface area contributed by atoms with Crippen molar-refractivity contribution in [2.75, 3.05) is 14.7 Å². The van der Waals surface area contributed by atoms with Crippen LogP contribution in [0.15, 0.2) is 145 Å². The zero-order chi connectivity index (χ0) is 55.7. The van der Waals surface area contributed by atoms with E-state index in [1.54, 1.807) is 0 Å². The van der Waals surface area contributed by atoms with Crippen molar-refractivity contribution in [3.05, 3.63) is 179 Å². The third kappa shape index (κ3) is 7.64. The molecule has 4 aliphatic rings. The van der Waals surface area contributed by atoms with Gasteiger partial charge in [-0.25, -0.2) is 0 Å². The first-order valence-electron chi connectivity index (χ1n) is 29.2. The molecule has 0 N–H and O–H groups in total. The van der Waals surface area contributed by atoms with Gasteiger partial charge in [0.25, 0.3) is 6.71 Å². The quantitative estimate of drug-likeness (QED) is 0.159. The highest BCUT2D eigenvalue weighted by Crippen LogP contribution is 2.55. The summed E-state index contributed by atoms with van der Waals surface area (Å²) in [5.74, 6) is 0. The molecule has 370 valence electrons. The third-order valence-corrected chi connectivity index (χ3v) is 18.8. The molecule has 0 radical (unpaired) electrons. The van der Waals surface area contributed by atoms with Gasteiger partial charge in [-0.1, -0.05) is 164 Å². The molecule has 0 bridgehead atoms. The predicted octanol–water partition coefficient (Wildman–Crippen LogP) is 17.7. The standard InChI is InChI=1S/C68H74BN3S/c1-63(2,3)43-25-28-47(29-26-43)72-58-40-49(70(45-21-17-15-18-22-45)46-23-19-16-20-24-46)39-57-60(58)69(62-61(72)50-37-44(64(4,5)6)27-32-59(50)73-62)55-41-53-54(68(13,14)36-35-67(53,11)12)42-56(55)71(57)48-30-31-51-52(38-48)66(9,10)34-33-65(51,7)8/h15-32,37-42H,33-36H2,1-14H3/i15D,17D,18D,21D,22D. The smallest absolute Gasteiger partial charge is 0.264 e. The molecule has 0 spiro atoms. The van der Waals surface area contributed by atoms with Gasteiger partial charge in [0, 0.05) is 54.7 Å². The zero-order valence-electron chi connectivity index (χ0n) is 50.6. The van der Waals surface area contributed by atoms with Crippen molar-refractivity contribution in [2.24, 2.45) is 0 Å². The fourth-order valence-corrected chi connectivity index (χ4v) is 14.1. The number of fused-ring (bicyclic) bond motifs is 8. The lowest BCUT2D eigenvalue weighted by molar-refractivity contribution is 0.332. The molecule has 73 heavy (non-hydrogen) atoms. The molecule has 2 aliphatic carbocycles. The second-order valence-corrected chi connectivity index (χ2v) is 27.5. The van der Waals surface area contributed by atoms with Gasteiger partial charge in [-0.05, 0) is 181 Å². The Morgan fingerprint density at radius 1 is 0.507 bits per heavy atom. The highest BCUT2D eigenvalue weighted by atomic mass is 32.1. The van der Waals surface area contributed by atoms with E-state index in [2.05, 4.69) is 192 Å². The van der Waals surface area contributed by atoms with Gasteiger partial charge in [-0.2, -0.15) is 0 Å². The predicted molar refractivity (Wildman–Crippen MR) is 319 cm³/mol. The van der Waals surface area contributed by atoms with Crippen LogP contribution in [-0.2, 0) is 32.5 Å². The van der Waals surface area contributed by atoms with E-state index in [0.29, 0.717) is 11.4 Å². The molecule has 0 amide bonds. The Labute approximate surface area is 448 Å². The number of hydrogen-bond donors (Lipinski definition) is 0. The van der Waals surface area contributed by atoms with Crippen molar-refractivity contribution in [3.8, 4) is 0 Å². The summed E-state index contributed by atoms with van der Waals surface area (Å²) < 4.78 is 48.7. The van der Waals surface area contributed by atoms with Crippen LogP contribution in [0.4, 0.5) is 51.2 Å². The Bertz CT molecular complexity index is 3770. The molecule has 0 fully saturated rings. The number of benzene rings is 7. The average molecular weight is 981 g/mol. The van der Waals surface area contributed by atoms with Crippen LogP contribution in [-0.4, -0.2) is 6.71 Å². The van der Waals surface area contributed by atoms with E-state index in [0.717, 1.165) is 59.8 Å². The van der Waals surface area contributed by atoms with E-state index in [1.165, 1.54) is 59.2 Å². The Morgan fingerprint density at radius 2 is 1.05 bits per heavy atom. The number of anilines is 9. The van der Waals surface area contributed by atoms with Crippen LogP contribution >= 0.6 is 11.3 Å². The van der Waals surface area contributed by atoms with Crippen molar-refractivity contribution >= 4 is 95.0 Å². The molecule has 0 saturated carbocycles. The summed E-state index contributed by atoms with van der Waals surface area (Å²) in [4.78, 5) is 6.97. The van der Waals surface area contributed by atoms with Gasteiger partial charge >= 0.3 is 0 Å². The van der Waals surface area contributed by atoms with Gasteiger partial charge in [0.2, 0.25) is 0 Å². The molecule has 12 rings (SSSR count). The van der Waals surface area contributed by atoms with E-state index in [4.69, 9.17) is 4.11 Å². The Morgan fingerprint density at radius 3 is 1.67 bits per heavy atom. The minimum atomic E-state index is -0.419. The normalized spacial score (nSPS) is 18.8. The van der Waals surface area contributed by atoms with Gasteiger partial charge in [-0.3, -0.25) is 0 Å². The topological polar surface area (TPSA) is 9.72 Å². The number of hydrogen-bond acceptors (Lipinski definition) is 4. The van der Waals surface area contributed by atoms with Gasteiger partial charge in [0.05, 0.1) is 18.2 Å². The SMILES string of the molecule is [2H]c1c([2H])c([2H])c(N(c2ccccc2)c2cc3c4c(c2)N(c2ccc(C(C)(C)C)cc2)c2c(sc5ccc(C(C)(C)C)cc25)B4c2cc4c(cc2N3c2ccc3c(c2)C(C)(C)CCC3(C)C)C(C)(C)CCC4(C)C)c([2H])c1[2H]. The Balaban J connectivity index is 1.28. The first-order chi connectivity index (χ1) is 36.5. The number of para-hydroxylation sites is 2. The highest BCUT2D eigenvalue weighted by molar-refractivity contribution is 7.33. The molecule has 3 nitrogen and oxygen atoms in total. The van der Waals surface area contributed by atoms with Crippen molar-refractivity contribution in [2.45, 2.75) is 155 Å². The molecule has 5 heteroatoms. The molecule has 3 heterocycles. The highest BCUT2D eigenvalue weighted by Gasteiger charge is 2.49. The lowest BCUT2D eigenvalue weighted by atomic mass is 9.35. The van der Waals surface area contributed by atoms with E-state index >= 15 is 0 Å². The zero-order valence-corrected chi connectivity index (χ0v) is 46.4. The van der Waals surface area contributed by atoms with Crippen LogP contribution in [0.2, 0.25) is 0 Å². The Kier molecular flexibility index (Phi) is 9.41. The number of rotatable bonds is 5. The molecule has 7 aromatic carbocycles. The summed E-state index contributed by atoms with van der Waals surface area (Å²) in [6.07, 6.45) is 4.36. The van der Waals surface area contributed by atoms with Crippen molar-refractivity contribution in [1.29, 1.82) is 0 Å². The molecule has 0 saturated heterocycles. The van der Waals surface area contributed by atoms with Crippen LogP contribution in [0.1, 0.15) is 163 Å². The van der Waals surface area contributed by atoms with Gasteiger partial charge in [0.15, 0.2) is 0 Å². The van der Waals surface area contributed by atoms with Crippen LogP contribution < -0.4 is 30.4 Å². The van der Waals surface area contributed by atoms with E-state index in [1.807, 2.05) is 46.6 Å². The maximum atomic E-state index is 9.63. The van der Waals surface area contributed by atoms with Gasteiger partial charge in [0.1, 0.15) is 0 Å². The summed E-state index contributed by atoms with van der Waals surface area (Å²) in [5, 5.41) is 1.20. The van der Waals surface area contributed by atoms with Crippen LogP contribution in [0, 0.1) is 0 Å². The van der Waals surface area contributed by atoms with Crippen LogP contribution in [0.3, 0.4) is 0 Å². The minimum Gasteiger partial charge on any atom is -0.311 e. The van der Waals surface area contributed by atoms with Crippen LogP contribution in [0.5, 0.6) is 0 Å². The molecule has 2 aliphatic heterocycles. The largest absolute Gasteiger partial charge is 0.311 e. The lowest BCUT2D eigenvalue weighted by Gasteiger charge is -2.48. The summed E-state index contributed by atoms with van der Waals surface area (Å²) in [6, 6.07) is 41.3. The molecule has 0 unspecified atom stereocenters. The van der Waals surface area contributed by atoms with Crippen molar-refractivity contribution in [1.82, 2.24) is 0 Å². The number of thiophene rings is 1. The summed E-state index contributed by atoms with van der Waals surface area (Å²) >= 11 is 1.91. The lowest BCUT2D eigenvalue weighted by Crippen LogP contribution is -2.61. The van der Waals surface area contributed by atoms with E-state index < -0.39 is 6.04 Å². The maximum Gasteiger partial charge on any atom is 0.264 e. The third-order valence-electron chi connectivity index (χ3n) is 17.6. The van der Waals surface area contributed by atoms with Crippen molar-refractivity contribution in [3.63, 3.8) is 0 Å². The molecule has 0 atom stereocenters. The molecular weight excluding hydrogens is 902 g/mol. The minimum absolute atomic E-state index is 0.00956. The fraction of sp³-hybridized carbons (Fsp3) is 0.353.